The summed E-state index contributed by atoms with van der Waals surface area (Å²) in [4.78, 5) is 11.8. The van der Waals surface area contributed by atoms with Crippen LogP contribution in [0.3, 0.4) is 0 Å². The summed E-state index contributed by atoms with van der Waals surface area (Å²) in [5.74, 6) is -0.970. The van der Waals surface area contributed by atoms with Gasteiger partial charge in [-0.25, -0.2) is 4.39 Å². The molecular formula is C11H8Cl2FN3O. The fraction of sp³-hybridized carbons (Fsp3) is 0.0909. The first-order valence-electron chi connectivity index (χ1n) is 4.96. The SMILES string of the molecule is Cc1[nH]nc(NC(=O)c2ccc(Cl)c(F)c2)c1Cl. The molecule has 1 heterocycles. The second kappa shape index (κ2) is 4.96. The van der Waals surface area contributed by atoms with Crippen LogP contribution < -0.4 is 5.32 Å². The lowest BCUT2D eigenvalue weighted by atomic mass is 10.2. The fourth-order valence-corrected chi connectivity index (χ4v) is 1.56. The number of hydrogen-bond acceptors (Lipinski definition) is 2. The monoisotopic (exact) mass is 287 g/mol. The number of aryl methyl sites for hydroxylation is 1. The number of H-pyrrole nitrogens is 1. The number of carbonyl (C=O) groups excluding carboxylic acids is 1. The molecule has 4 nitrogen and oxygen atoms in total. The number of hydrogen-bond donors (Lipinski definition) is 2. The van der Waals surface area contributed by atoms with Gasteiger partial charge in [0, 0.05) is 5.56 Å². The minimum Gasteiger partial charge on any atom is -0.304 e. The van der Waals surface area contributed by atoms with Crippen molar-refractivity contribution in [2.45, 2.75) is 6.92 Å². The molecule has 0 bridgehead atoms. The summed E-state index contributed by atoms with van der Waals surface area (Å²) < 4.78 is 13.2. The van der Waals surface area contributed by atoms with E-state index in [4.69, 9.17) is 23.2 Å². The zero-order chi connectivity index (χ0) is 13.3. The smallest absolute Gasteiger partial charge is 0.257 e. The van der Waals surface area contributed by atoms with Gasteiger partial charge in [-0.3, -0.25) is 9.89 Å². The van der Waals surface area contributed by atoms with Crippen LogP contribution in [0.25, 0.3) is 0 Å². The lowest BCUT2D eigenvalue weighted by Gasteiger charge is -2.03. The van der Waals surface area contributed by atoms with E-state index in [1.807, 2.05) is 0 Å². The van der Waals surface area contributed by atoms with E-state index in [2.05, 4.69) is 15.5 Å². The van der Waals surface area contributed by atoms with Crippen LogP contribution in [0.4, 0.5) is 10.2 Å². The van der Waals surface area contributed by atoms with Gasteiger partial charge in [0.2, 0.25) is 0 Å². The molecule has 0 aliphatic heterocycles. The van der Waals surface area contributed by atoms with Gasteiger partial charge in [0.1, 0.15) is 10.8 Å². The maximum atomic E-state index is 13.2. The van der Waals surface area contributed by atoms with Gasteiger partial charge in [-0.2, -0.15) is 5.10 Å². The van der Waals surface area contributed by atoms with E-state index in [9.17, 15) is 9.18 Å². The lowest BCUT2D eigenvalue weighted by molar-refractivity contribution is 0.102. The Kier molecular flexibility index (Phi) is 3.54. The van der Waals surface area contributed by atoms with Crippen LogP contribution >= 0.6 is 23.2 Å². The molecule has 7 heteroatoms. The van der Waals surface area contributed by atoms with Crippen LogP contribution in [0.15, 0.2) is 18.2 Å². The van der Waals surface area contributed by atoms with Crippen molar-refractivity contribution < 1.29 is 9.18 Å². The number of nitrogens with one attached hydrogen (secondary N) is 2. The highest BCUT2D eigenvalue weighted by Gasteiger charge is 2.13. The van der Waals surface area contributed by atoms with Crippen molar-refractivity contribution in [3.8, 4) is 0 Å². The summed E-state index contributed by atoms with van der Waals surface area (Å²) in [6.45, 7) is 1.72. The number of aromatic nitrogens is 2. The van der Waals surface area contributed by atoms with Crippen LogP contribution in [0.2, 0.25) is 10.0 Å². The average Bonchev–Trinajstić information content (AvgIpc) is 2.64. The van der Waals surface area contributed by atoms with E-state index < -0.39 is 11.7 Å². The van der Waals surface area contributed by atoms with Crippen LogP contribution in [0.5, 0.6) is 0 Å². The van der Waals surface area contributed by atoms with Gasteiger partial charge in [0.05, 0.1) is 10.7 Å². The molecule has 1 aromatic heterocycles. The predicted octanol–water partition coefficient (Wildman–Crippen LogP) is 3.42. The highest BCUT2D eigenvalue weighted by atomic mass is 35.5. The van der Waals surface area contributed by atoms with Crippen molar-refractivity contribution in [2.24, 2.45) is 0 Å². The Labute approximate surface area is 112 Å². The molecule has 0 atom stereocenters. The number of aromatic amines is 1. The normalized spacial score (nSPS) is 10.4. The van der Waals surface area contributed by atoms with E-state index in [1.165, 1.54) is 12.1 Å². The molecule has 0 aliphatic rings. The van der Waals surface area contributed by atoms with Crippen LogP contribution in [0.1, 0.15) is 16.1 Å². The molecule has 0 saturated heterocycles. The van der Waals surface area contributed by atoms with E-state index in [0.717, 1.165) is 6.07 Å². The molecule has 1 aromatic carbocycles. The maximum absolute atomic E-state index is 13.2. The Bertz CT molecular complexity index is 612. The summed E-state index contributed by atoms with van der Waals surface area (Å²) in [7, 11) is 0. The van der Waals surface area contributed by atoms with Crippen molar-refractivity contribution in [2.75, 3.05) is 5.32 Å². The topological polar surface area (TPSA) is 57.8 Å². The number of carbonyl (C=O) groups is 1. The number of nitrogens with zero attached hydrogens (tertiary/aromatic N) is 1. The molecule has 0 radical (unpaired) electrons. The Balaban J connectivity index is 2.22. The first-order valence-corrected chi connectivity index (χ1v) is 5.71. The molecule has 0 unspecified atom stereocenters. The number of rotatable bonds is 2. The van der Waals surface area contributed by atoms with Crippen LogP contribution in [-0.4, -0.2) is 16.1 Å². The standard InChI is InChI=1S/C11H8Cl2FN3O/c1-5-9(13)10(17-16-5)15-11(18)6-2-3-7(12)8(14)4-6/h2-4H,1H3,(H2,15,16,17,18). The first-order chi connectivity index (χ1) is 8.49. The first kappa shape index (κ1) is 12.9. The quantitative estimate of drug-likeness (QED) is 0.889. The summed E-state index contributed by atoms with van der Waals surface area (Å²) in [6.07, 6.45) is 0. The zero-order valence-electron chi connectivity index (χ0n) is 9.22. The molecule has 0 saturated carbocycles. The molecule has 0 fully saturated rings. The van der Waals surface area contributed by atoms with E-state index in [0.29, 0.717) is 10.7 Å². The van der Waals surface area contributed by atoms with Crippen molar-refractivity contribution in [1.82, 2.24) is 10.2 Å². The minimum absolute atomic E-state index is 0.0415. The van der Waals surface area contributed by atoms with Crippen molar-refractivity contribution in [3.63, 3.8) is 0 Å². The summed E-state index contributed by atoms with van der Waals surface area (Å²) in [5, 5.41) is 9.18. The molecule has 94 valence electrons. The second-order valence-corrected chi connectivity index (χ2v) is 4.38. The zero-order valence-corrected chi connectivity index (χ0v) is 10.7. The Morgan fingerprint density at radius 3 is 2.72 bits per heavy atom. The molecule has 18 heavy (non-hydrogen) atoms. The number of anilines is 1. The third-order valence-corrected chi connectivity index (χ3v) is 3.06. The second-order valence-electron chi connectivity index (χ2n) is 3.59. The number of halogens is 3. The van der Waals surface area contributed by atoms with E-state index in [1.54, 1.807) is 6.92 Å². The molecule has 2 N–H and O–H groups in total. The van der Waals surface area contributed by atoms with E-state index >= 15 is 0 Å². The van der Waals surface area contributed by atoms with Crippen molar-refractivity contribution >= 4 is 34.9 Å². The minimum atomic E-state index is -0.659. The van der Waals surface area contributed by atoms with Gasteiger partial charge in [-0.15, -0.1) is 0 Å². The molecule has 2 rings (SSSR count). The third kappa shape index (κ3) is 2.47. The van der Waals surface area contributed by atoms with Gasteiger partial charge >= 0.3 is 0 Å². The maximum Gasteiger partial charge on any atom is 0.257 e. The molecule has 0 spiro atoms. The van der Waals surface area contributed by atoms with Gasteiger partial charge in [-0.1, -0.05) is 23.2 Å². The molecule has 1 amide bonds. The largest absolute Gasteiger partial charge is 0.304 e. The molecule has 0 aliphatic carbocycles. The Morgan fingerprint density at radius 2 is 2.17 bits per heavy atom. The summed E-state index contributed by atoms with van der Waals surface area (Å²) >= 11 is 11.4. The van der Waals surface area contributed by atoms with Gasteiger partial charge in [-0.05, 0) is 25.1 Å². The average molecular weight is 288 g/mol. The van der Waals surface area contributed by atoms with Crippen molar-refractivity contribution in [1.29, 1.82) is 0 Å². The van der Waals surface area contributed by atoms with Gasteiger partial charge < -0.3 is 5.32 Å². The summed E-state index contributed by atoms with van der Waals surface area (Å²) in [5.41, 5.74) is 0.767. The number of benzene rings is 1. The van der Waals surface area contributed by atoms with Crippen LogP contribution in [-0.2, 0) is 0 Å². The number of amides is 1. The van der Waals surface area contributed by atoms with Gasteiger partial charge in [0.25, 0.3) is 5.91 Å². The van der Waals surface area contributed by atoms with Crippen LogP contribution in [0, 0.1) is 12.7 Å². The highest BCUT2D eigenvalue weighted by Crippen LogP contribution is 2.23. The molecule has 2 aromatic rings. The molecular weight excluding hydrogens is 280 g/mol. The van der Waals surface area contributed by atoms with E-state index in [-0.39, 0.29) is 16.4 Å². The lowest BCUT2D eigenvalue weighted by Crippen LogP contribution is -2.12. The highest BCUT2D eigenvalue weighted by molar-refractivity contribution is 6.34. The fourth-order valence-electron chi connectivity index (χ4n) is 1.32. The predicted molar refractivity (Wildman–Crippen MR) is 67.7 cm³/mol. The third-order valence-electron chi connectivity index (χ3n) is 2.29. The Morgan fingerprint density at radius 1 is 1.44 bits per heavy atom. The van der Waals surface area contributed by atoms with Crippen molar-refractivity contribution in [3.05, 3.63) is 45.3 Å². The van der Waals surface area contributed by atoms with Gasteiger partial charge in [0.15, 0.2) is 5.82 Å². The Hall–Kier alpha value is -1.59. The summed E-state index contributed by atoms with van der Waals surface area (Å²) in [6, 6.07) is 3.77.